The van der Waals surface area contributed by atoms with Gasteiger partial charge in [0.1, 0.15) is 11.6 Å². The molecule has 2 aromatic carbocycles. The Kier molecular flexibility index (Phi) is 3.69. The van der Waals surface area contributed by atoms with Crippen LogP contribution in [0.2, 0.25) is 0 Å². The summed E-state index contributed by atoms with van der Waals surface area (Å²) in [6.45, 7) is 1.97. The molecule has 0 amide bonds. The lowest BCUT2D eigenvalue weighted by atomic mass is 9.98. The van der Waals surface area contributed by atoms with E-state index in [9.17, 15) is 8.78 Å². The van der Waals surface area contributed by atoms with Gasteiger partial charge < -0.3 is 0 Å². The van der Waals surface area contributed by atoms with Crippen molar-refractivity contribution >= 4 is 0 Å². The van der Waals surface area contributed by atoms with Crippen molar-refractivity contribution in [1.29, 1.82) is 0 Å². The third kappa shape index (κ3) is 2.72. The molecule has 0 saturated heterocycles. The molecule has 2 aromatic rings. The molecule has 1 atom stereocenters. The van der Waals surface area contributed by atoms with E-state index in [1.54, 1.807) is 0 Å². The topological polar surface area (TPSA) is 38.0 Å². The fourth-order valence-electron chi connectivity index (χ4n) is 1.89. The van der Waals surface area contributed by atoms with E-state index in [1.165, 1.54) is 12.1 Å². The fourth-order valence-corrected chi connectivity index (χ4v) is 1.89. The summed E-state index contributed by atoms with van der Waals surface area (Å²) in [5, 5.41) is 0. The van der Waals surface area contributed by atoms with Gasteiger partial charge in [-0.3, -0.25) is 5.84 Å². The van der Waals surface area contributed by atoms with E-state index in [4.69, 9.17) is 5.84 Å². The molecule has 18 heavy (non-hydrogen) atoms. The number of aryl methyl sites for hydroxylation is 1. The molecule has 94 valence electrons. The van der Waals surface area contributed by atoms with Gasteiger partial charge in [-0.05, 0) is 30.2 Å². The van der Waals surface area contributed by atoms with Gasteiger partial charge in [0, 0.05) is 6.07 Å². The molecule has 2 rings (SSSR count). The van der Waals surface area contributed by atoms with Crippen LogP contribution in [-0.4, -0.2) is 0 Å². The molecular formula is C14H14F2N2. The van der Waals surface area contributed by atoms with Crippen molar-refractivity contribution in [2.24, 2.45) is 5.84 Å². The zero-order valence-electron chi connectivity index (χ0n) is 9.95. The lowest BCUT2D eigenvalue weighted by Crippen LogP contribution is -2.29. The van der Waals surface area contributed by atoms with E-state index >= 15 is 0 Å². The molecule has 0 aliphatic carbocycles. The average molecular weight is 248 g/mol. The monoisotopic (exact) mass is 248 g/mol. The number of hydrazine groups is 1. The first-order chi connectivity index (χ1) is 8.60. The molecule has 0 aliphatic heterocycles. The van der Waals surface area contributed by atoms with Gasteiger partial charge in [0.25, 0.3) is 0 Å². The first-order valence-corrected chi connectivity index (χ1v) is 5.59. The number of hydrogen-bond acceptors (Lipinski definition) is 2. The lowest BCUT2D eigenvalue weighted by Gasteiger charge is -2.17. The second-order valence-electron chi connectivity index (χ2n) is 4.21. The third-order valence-corrected chi connectivity index (χ3v) is 2.80. The van der Waals surface area contributed by atoms with Crippen molar-refractivity contribution in [2.45, 2.75) is 13.0 Å². The lowest BCUT2D eigenvalue weighted by molar-refractivity contribution is 0.566. The van der Waals surface area contributed by atoms with Crippen LogP contribution in [0.4, 0.5) is 8.78 Å². The molecule has 0 fully saturated rings. The predicted octanol–water partition coefficient (Wildman–Crippen LogP) is 2.83. The Labute approximate surface area is 104 Å². The highest BCUT2D eigenvalue weighted by Gasteiger charge is 2.14. The summed E-state index contributed by atoms with van der Waals surface area (Å²) in [7, 11) is 0. The van der Waals surface area contributed by atoms with Gasteiger partial charge >= 0.3 is 0 Å². The van der Waals surface area contributed by atoms with Crippen LogP contribution in [0.15, 0.2) is 42.5 Å². The molecule has 1 unspecified atom stereocenters. The Bertz CT molecular complexity index is 518. The number of halogens is 2. The van der Waals surface area contributed by atoms with E-state index in [2.05, 4.69) is 5.43 Å². The number of hydrogen-bond donors (Lipinski definition) is 2. The van der Waals surface area contributed by atoms with Crippen molar-refractivity contribution in [2.75, 3.05) is 0 Å². The molecule has 0 saturated carbocycles. The molecule has 0 aliphatic rings. The normalized spacial score (nSPS) is 12.4. The van der Waals surface area contributed by atoms with Crippen LogP contribution in [0.3, 0.4) is 0 Å². The molecule has 0 heterocycles. The minimum Gasteiger partial charge on any atom is -0.271 e. The molecule has 3 N–H and O–H groups in total. The number of nitrogens with one attached hydrogen (secondary N) is 1. The number of nitrogens with two attached hydrogens (primary N) is 1. The smallest absolute Gasteiger partial charge is 0.126 e. The summed E-state index contributed by atoms with van der Waals surface area (Å²) in [5.41, 5.74) is 5.00. The van der Waals surface area contributed by atoms with Gasteiger partial charge in [-0.15, -0.1) is 0 Å². The molecule has 4 heteroatoms. The Morgan fingerprint density at radius 3 is 2.00 bits per heavy atom. The zero-order chi connectivity index (χ0) is 13.1. The van der Waals surface area contributed by atoms with Crippen LogP contribution in [0.25, 0.3) is 0 Å². The SMILES string of the molecule is Cc1ccc(C(NN)c2cc(F)cc(F)c2)cc1. The number of benzene rings is 2. The maximum atomic E-state index is 13.2. The fraction of sp³-hybridized carbons (Fsp3) is 0.143. The maximum absolute atomic E-state index is 13.2. The Morgan fingerprint density at radius 1 is 0.944 bits per heavy atom. The predicted molar refractivity (Wildman–Crippen MR) is 66.7 cm³/mol. The van der Waals surface area contributed by atoms with Crippen LogP contribution in [0.1, 0.15) is 22.7 Å². The highest BCUT2D eigenvalue weighted by atomic mass is 19.1. The summed E-state index contributed by atoms with van der Waals surface area (Å²) < 4.78 is 26.4. The van der Waals surface area contributed by atoms with E-state index in [-0.39, 0.29) is 0 Å². The van der Waals surface area contributed by atoms with Gasteiger partial charge in [0.15, 0.2) is 0 Å². The van der Waals surface area contributed by atoms with E-state index < -0.39 is 17.7 Å². The van der Waals surface area contributed by atoms with Crippen molar-refractivity contribution in [1.82, 2.24) is 5.43 Å². The van der Waals surface area contributed by atoms with Gasteiger partial charge in [-0.1, -0.05) is 29.8 Å². The second-order valence-corrected chi connectivity index (χ2v) is 4.21. The highest BCUT2D eigenvalue weighted by molar-refractivity contribution is 5.33. The molecule has 0 aromatic heterocycles. The quantitative estimate of drug-likeness (QED) is 0.647. The van der Waals surface area contributed by atoms with Crippen molar-refractivity contribution in [3.8, 4) is 0 Å². The Balaban J connectivity index is 2.41. The molecule has 0 spiro atoms. The Morgan fingerprint density at radius 2 is 1.50 bits per heavy atom. The van der Waals surface area contributed by atoms with Crippen molar-refractivity contribution < 1.29 is 8.78 Å². The first-order valence-electron chi connectivity index (χ1n) is 5.59. The van der Waals surface area contributed by atoms with Crippen LogP contribution in [0, 0.1) is 18.6 Å². The molecule has 0 radical (unpaired) electrons. The standard InChI is InChI=1S/C14H14F2N2/c1-9-2-4-10(5-3-9)14(18-17)11-6-12(15)8-13(16)7-11/h2-8,14,18H,17H2,1H3. The molecular weight excluding hydrogens is 234 g/mol. The highest BCUT2D eigenvalue weighted by Crippen LogP contribution is 2.23. The van der Waals surface area contributed by atoms with E-state index in [0.29, 0.717) is 5.56 Å². The summed E-state index contributed by atoms with van der Waals surface area (Å²) >= 11 is 0. The molecule has 0 bridgehead atoms. The molecule has 2 nitrogen and oxygen atoms in total. The van der Waals surface area contributed by atoms with E-state index in [1.807, 2.05) is 31.2 Å². The van der Waals surface area contributed by atoms with Crippen LogP contribution in [-0.2, 0) is 0 Å². The van der Waals surface area contributed by atoms with Crippen LogP contribution < -0.4 is 11.3 Å². The van der Waals surface area contributed by atoms with Crippen molar-refractivity contribution in [3.63, 3.8) is 0 Å². The first kappa shape index (κ1) is 12.7. The van der Waals surface area contributed by atoms with Crippen LogP contribution >= 0.6 is 0 Å². The summed E-state index contributed by atoms with van der Waals surface area (Å²) in [6.07, 6.45) is 0. The minimum absolute atomic E-state index is 0.434. The average Bonchev–Trinajstić information content (AvgIpc) is 2.31. The van der Waals surface area contributed by atoms with Gasteiger partial charge in [-0.25, -0.2) is 14.2 Å². The van der Waals surface area contributed by atoms with E-state index in [0.717, 1.165) is 17.2 Å². The summed E-state index contributed by atoms with van der Waals surface area (Å²) in [5.74, 6) is 4.25. The maximum Gasteiger partial charge on any atom is 0.126 e. The zero-order valence-corrected chi connectivity index (χ0v) is 9.95. The second kappa shape index (κ2) is 5.25. The third-order valence-electron chi connectivity index (χ3n) is 2.80. The number of rotatable bonds is 3. The summed E-state index contributed by atoms with van der Waals surface area (Å²) in [4.78, 5) is 0. The largest absolute Gasteiger partial charge is 0.271 e. The van der Waals surface area contributed by atoms with Crippen molar-refractivity contribution in [3.05, 3.63) is 70.8 Å². The minimum atomic E-state index is -0.614. The van der Waals surface area contributed by atoms with Gasteiger partial charge in [-0.2, -0.15) is 0 Å². The van der Waals surface area contributed by atoms with Gasteiger partial charge in [0.05, 0.1) is 6.04 Å². The van der Waals surface area contributed by atoms with Crippen LogP contribution in [0.5, 0.6) is 0 Å². The Hall–Kier alpha value is -1.78. The summed E-state index contributed by atoms with van der Waals surface area (Å²) in [6, 6.07) is 10.6. The van der Waals surface area contributed by atoms with Gasteiger partial charge in [0.2, 0.25) is 0 Å².